The standard InChI is InChI=1S/C16H22ClN3O2/c1-22-16-13(12-7-8-20(16)10-14(12)17)9-18-19-15(21)11-5-3-2-4-6-11/h2-6,12-14,16,18H,7-10H2,1H3,(H,19,21). The van der Waals surface area contributed by atoms with Crippen LogP contribution < -0.4 is 10.9 Å². The van der Waals surface area contributed by atoms with E-state index in [0.717, 1.165) is 19.5 Å². The van der Waals surface area contributed by atoms with Gasteiger partial charge in [-0.3, -0.25) is 15.1 Å². The fourth-order valence-electron chi connectivity index (χ4n) is 3.63. The van der Waals surface area contributed by atoms with Gasteiger partial charge in [-0.1, -0.05) is 18.2 Å². The van der Waals surface area contributed by atoms with Gasteiger partial charge in [0.15, 0.2) is 0 Å². The third-order valence-electron chi connectivity index (χ3n) is 4.72. The van der Waals surface area contributed by atoms with Crippen LogP contribution in [0.4, 0.5) is 0 Å². The Morgan fingerprint density at radius 1 is 1.41 bits per heavy atom. The van der Waals surface area contributed by atoms with Gasteiger partial charge in [0.1, 0.15) is 6.23 Å². The molecule has 2 bridgehead atoms. The van der Waals surface area contributed by atoms with Crippen molar-refractivity contribution in [3.63, 3.8) is 0 Å². The molecule has 0 spiro atoms. The first-order chi connectivity index (χ1) is 10.7. The fourth-order valence-corrected chi connectivity index (χ4v) is 4.12. The van der Waals surface area contributed by atoms with Crippen molar-refractivity contribution in [2.75, 3.05) is 26.7 Å². The number of carbonyl (C=O) groups excluding carboxylic acids is 1. The van der Waals surface area contributed by atoms with Crippen LogP contribution in [-0.2, 0) is 4.74 Å². The molecule has 5 atom stereocenters. The molecule has 2 N–H and O–H groups in total. The Labute approximate surface area is 135 Å². The molecule has 6 heteroatoms. The number of nitrogens with one attached hydrogen (secondary N) is 2. The third-order valence-corrected chi connectivity index (χ3v) is 5.18. The highest BCUT2D eigenvalue weighted by molar-refractivity contribution is 6.21. The number of piperidine rings is 3. The summed E-state index contributed by atoms with van der Waals surface area (Å²) in [6, 6.07) is 9.17. The first-order valence-electron chi connectivity index (χ1n) is 7.70. The summed E-state index contributed by atoms with van der Waals surface area (Å²) in [6.45, 7) is 2.58. The zero-order valence-corrected chi connectivity index (χ0v) is 13.4. The number of hydrazine groups is 1. The fraction of sp³-hybridized carbons (Fsp3) is 0.562. The highest BCUT2D eigenvalue weighted by atomic mass is 35.5. The average Bonchev–Trinajstić information content (AvgIpc) is 2.55. The second kappa shape index (κ2) is 6.96. The molecule has 3 aliphatic rings. The van der Waals surface area contributed by atoms with Gasteiger partial charge in [-0.25, -0.2) is 5.43 Å². The quantitative estimate of drug-likeness (QED) is 0.636. The summed E-state index contributed by atoms with van der Waals surface area (Å²) in [5, 5.41) is 0.164. The van der Waals surface area contributed by atoms with Crippen LogP contribution in [0.5, 0.6) is 0 Å². The molecule has 1 aromatic rings. The Bertz CT molecular complexity index is 511. The van der Waals surface area contributed by atoms with Gasteiger partial charge < -0.3 is 4.74 Å². The number of benzene rings is 1. The monoisotopic (exact) mass is 323 g/mol. The van der Waals surface area contributed by atoms with Gasteiger partial charge in [0.25, 0.3) is 5.91 Å². The molecule has 0 radical (unpaired) electrons. The van der Waals surface area contributed by atoms with Crippen LogP contribution in [0.2, 0.25) is 0 Å². The zero-order valence-electron chi connectivity index (χ0n) is 12.7. The van der Waals surface area contributed by atoms with E-state index in [0.29, 0.717) is 18.0 Å². The summed E-state index contributed by atoms with van der Waals surface area (Å²) in [5.74, 6) is 0.585. The van der Waals surface area contributed by atoms with Crippen molar-refractivity contribution in [2.45, 2.75) is 18.0 Å². The van der Waals surface area contributed by atoms with Gasteiger partial charge in [-0.2, -0.15) is 0 Å². The number of halogens is 1. The second-order valence-electron chi connectivity index (χ2n) is 5.95. The number of amides is 1. The van der Waals surface area contributed by atoms with Gasteiger partial charge in [0.05, 0.1) is 0 Å². The maximum atomic E-state index is 12.0. The number of methoxy groups -OCH3 is 1. The van der Waals surface area contributed by atoms with Crippen molar-refractivity contribution in [1.82, 2.24) is 15.8 Å². The number of rotatable bonds is 5. The zero-order chi connectivity index (χ0) is 15.5. The predicted octanol–water partition coefficient (Wildman–Crippen LogP) is 1.45. The highest BCUT2D eigenvalue weighted by Crippen LogP contribution is 2.39. The number of nitrogens with zero attached hydrogens (tertiary/aromatic N) is 1. The molecule has 4 rings (SSSR count). The molecule has 0 aromatic heterocycles. The van der Waals surface area contributed by atoms with Crippen molar-refractivity contribution >= 4 is 17.5 Å². The van der Waals surface area contributed by atoms with Crippen molar-refractivity contribution in [1.29, 1.82) is 0 Å². The van der Waals surface area contributed by atoms with Crippen molar-refractivity contribution < 1.29 is 9.53 Å². The molecular formula is C16H22ClN3O2. The molecule has 3 fully saturated rings. The van der Waals surface area contributed by atoms with Gasteiger partial charge in [-0.15, -0.1) is 11.6 Å². The summed E-state index contributed by atoms with van der Waals surface area (Å²) < 4.78 is 5.64. The van der Waals surface area contributed by atoms with Gasteiger partial charge in [-0.05, 0) is 24.5 Å². The summed E-state index contributed by atoms with van der Waals surface area (Å²) in [5.41, 5.74) is 6.46. The Kier molecular flexibility index (Phi) is 4.98. The third kappa shape index (κ3) is 3.13. The van der Waals surface area contributed by atoms with Gasteiger partial charge >= 0.3 is 0 Å². The number of hydrogen-bond donors (Lipinski definition) is 2. The van der Waals surface area contributed by atoms with E-state index < -0.39 is 0 Å². The predicted molar refractivity (Wildman–Crippen MR) is 85.5 cm³/mol. The maximum absolute atomic E-state index is 12.0. The molecule has 22 heavy (non-hydrogen) atoms. The van der Waals surface area contributed by atoms with E-state index in [1.807, 2.05) is 18.2 Å². The topological polar surface area (TPSA) is 53.6 Å². The lowest BCUT2D eigenvalue weighted by atomic mass is 9.77. The average molecular weight is 324 g/mol. The molecule has 3 saturated heterocycles. The van der Waals surface area contributed by atoms with Crippen molar-refractivity contribution in [2.24, 2.45) is 11.8 Å². The number of fused-ring (bicyclic) bond motifs is 3. The first kappa shape index (κ1) is 15.7. The van der Waals surface area contributed by atoms with E-state index >= 15 is 0 Å². The van der Waals surface area contributed by atoms with Crippen molar-refractivity contribution in [3.05, 3.63) is 35.9 Å². The van der Waals surface area contributed by atoms with Crippen LogP contribution in [-0.4, -0.2) is 49.2 Å². The van der Waals surface area contributed by atoms with E-state index in [9.17, 15) is 4.79 Å². The van der Waals surface area contributed by atoms with Gasteiger partial charge in [0.2, 0.25) is 0 Å². The first-order valence-corrected chi connectivity index (χ1v) is 8.13. The minimum absolute atomic E-state index is 0.0786. The van der Waals surface area contributed by atoms with Crippen LogP contribution in [0.1, 0.15) is 16.8 Å². The van der Waals surface area contributed by atoms with E-state index in [-0.39, 0.29) is 23.4 Å². The van der Waals surface area contributed by atoms with E-state index in [4.69, 9.17) is 16.3 Å². The maximum Gasteiger partial charge on any atom is 0.265 e. The molecule has 120 valence electrons. The molecule has 0 aliphatic carbocycles. The Morgan fingerprint density at radius 3 is 2.86 bits per heavy atom. The number of ether oxygens (including phenoxy) is 1. The van der Waals surface area contributed by atoms with E-state index in [2.05, 4.69) is 15.8 Å². The minimum Gasteiger partial charge on any atom is -0.366 e. The lowest BCUT2D eigenvalue weighted by Crippen LogP contribution is -2.62. The van der Waals surface area contributed by atoms with Crippen LogP contribution in [0.3, 0.4) is 0 Å². The summed E-state index contributed by atoms with van der Waals surface area (Å²) >= 11 is 6.46. The molecule has 3 aliphatic heterocycles. The molecule has 3 heterocycles. The van der Waals surface area contributed by atoms with E-state index in [1.165, 1.54) is 0 Å². The van der Waals surface area contributed by atoms with Crippen LogP contribution in [0.25, 0.3) is 0 Å². The van der Waals surface area contributed by atoms with Crippen LogP contribution in [0.15, 0.2) is 30.3 Å². The number of alkyl halides is 1. The number of carbonyl (C=O) groups is 1. The largest absolute Gasteiger partial charge is 0.366 e. The normalized spacial score (nSPS) is 33.6. The molecular weight excluding hydrogens is 302 g/mol. The SMILES string of the molecule is COC1C(CNNC(=O)c2ccccc2)C2CCN1CC2Cl. The molecule has 5 unspecified atom stereocenters. The van der Waals surface area contributed by atoms with Crippen LogP contribution in [0, 0.1) is 11.8 Å². The Hall–Kier alpha value is -1.14. The van der Waals surface area contributed by atoms with E-state index in [1.54, 1.807) is 19.2 Å². The molecule has 1 aromatic carbocycles. The molecule has 0 saturated carbocycles. The van der Waals surface area contributed by atoms with Crippen LogP contribution >= 0.6 is 11.6 Å². The summed E-state index contributed by atoms with van der Waals surface area (Å²) in [7, 11) is 1.74. The molecule has 5 nitrogen and oxygen atoms in total. The van der Waals surface area contributed by atoms with Gasteiger partial charge in [0, 0.05) is 43.6 Å². The number of hydrogen-bond acceptors (Lipinski definition) is 4. The Morgan fingerprint density at radius 2 is 2.18 bits per heavy atom. The second-order valence-corrected chi connectivity index (χ2v) is 6.52. The summed E-state index contributed by atoms with van der Waals surface area (Å²) in [6.07, 6.45) is 1.17. The van der Waals surface area contributed by atoms with Crippen molar-refractivity contribution in [3.8, 4) is 0 Å². The lowest BCUT2D eigenvalue weighted by Gasteiger charge is -2.52. The lowest BCUT2D eigenvalue weighted by molar-refractivity contribution is -0.141. The smallest absolute Gasteiger partial charge is 0.265 e. The summed E-state index contributed by atoms with van der Waals surface area (Å²) in [4.78, 5) is 14.3. The highest BCUT2D eigenvalue weighted by Gasteiger charge is 2.46. The molecule has 1 amide bonds. The Balaban J connectivity index is 1.55. The minimum atomic E-state index is -0.127.